The van der Waals surface area contributed by atoms with Gasteiger partial charge in [-0.05, 0) is 30.7 Å². The second-order valence-electron chi connectivity index (χ2n) is 4.16. The Bertz CT molecular complexity index is 625. The van der Waals surface area contributed by atoms with E-state index < -0.39 is 11.6 Å². The Balaban J connectivity index is 2.25. The molecule has 0 bridgehead atoms. The molecule has 0 amide bonds. The number of benzene rings is 2. The Morgan fingerprint density at radius 2 is 1.74 bits per heavy atom. The molecule has 0 atom stereocenters. The minimum absolute atomic E-state index is 0.00333. The highest BCUT2D eigenvalue weighted by atomic mass is 19.1. The van der Waals surface area contributed by atoms with Gasteiger partial charge in [-0.25, -0.2) is 8.78 Å². The number of halogens is 2. The van der Waals surface area contributed by atoms with Gasteiger partial charge in [0.15, 0.2) is 0 Å². The molecule has 0 aromatic heterocycles. The van der Waals surface area contributed by atoms with Gasteiger partial charge >= 0.3 is 0 Å². The number of nitrogens with zero attached hydrogens (tertiary/aromatic N) is 1. The SMILES string of the molecule is Cc1cccc(NCc2c(F)cccc2F)c1C#N. The van der Waals surface area contributed by atoms with Crippen LogP contribution in [-0.2, 0) is 6.54 Å². The van der Waals surface area contributed by atoms with E-state index in [1.54, 1.807) is 12.1 Å². The lowest BCUT2D eigenvalue weighted by Crippen LogP contribution is -2.06. The molecule has 96 valence electrons. The Kier molecular flexibility index (Phi) is 3.76. The smallest absolute Gasteiger partial charge is 0.131 e. The summed E-state index contributed by atoms with van der Waals surface area (Å²) in [6.45, 7) is 1.81. The molecule has 0 aliphatic heterocycles. The van der Waals surface area contributed by atoms with Crippen LogP contribution in [0.15, 0.2) is 36.4 Å². The van der Waals surface area contributed by atoms with Crippen molar-refractivity contribution < 1.29 is 8.78 Å². The molecule has 2 nitrogen and oxygen atoms in total. The lowest BCUT2D eigenvalue weighted by Gasteiger charge is -2.11. The van der Waals surface area contributed by atoms with Gasteiger partial charge in [-0.2, -0.15) is 5.26 Å². The van der Waals surface area contributed by atoms with Crippen LogP contribution in [0.2, 0.25) is 0 Å². The number of hydrogen-bond donors (Lipinski definition) is 1. The van der Waals surface area contributed by atoms with Crippen molar-refractivity contribution in [3.63, 3.8) is 0 Å². The third-order valence-corrected chi connectivity index (χ3v) is 2.90. The predicted octanol–water partition coefficient (Wildman–Crippen LogP) is 3.76. The first-order valence-electron chi connectivity index (χ1n) is 5.80. The molecule has 0 unspecified atom stereocenters. The van der Waals surface area contributed by atoms with Crippen molar-refractivity contribution in [2.24, 2.45) is 0 Å². The van der Waals surface area contributed by atoms with Crippen molar-refractivity contribution in [1.29, 1.82) is 5.26 Å². The zero-order valence-electron chi connectivity index (χ0n) is 10.4. The van der Waals surface area contributed by atoms with Crippen molar-refractivity contribution in [2.45, 2.75) is 13.5 Å². The maximum atomic E-state index is 13.5. The molecule has 2 aromatic carbocycles. The summed E-state index contributed by atoms with van der Waals surface area (Å²) in [4.78, 5) is 0. The van der Waals surface area contributed by atoms with Crippen LogP contribution in [0.1, 0.15) is 16.7 Å². The van der Waals surface area contributed by atoms with E-state index in [1.807, 2.05) is 13.0 Å². The molecule has 19 heavy (non-hydrogen) atoms. The quantitative estimate of drug-likeness (QED) is 0.909. The molecular formula is C15H12F2N2. The minimum atomic E-state index is -0.598. The van der Waals surface area contributed by atoms with Gasteiger partial charge < -0.3 is 5.32 Å². The molecule has 0 radical (unpaired) electrons. The maximum Gasteiger partial charge on any atom is 0.131 e. The number of rotatable bonds is 3. The van der Waals surface area contributed by atoms with Crippen LogP contribution in [-0.4, -0.2) is 0 Å². The molecule has 0 spiro atoms. The van der Waals surface area contributed by atoms with Crippen LogP contribution in [0.3, 0.4) is 0 Å². The number of anilines is 1. The van der Waals surface area contributed by atoms with Crippen LogP contribution in [0.5, 0.6) is 0 Å². The molecule has 0 saturated heterocycles. The van der Waals surface area contributed by atoms with Crippen molar-refractivity contribution in [3.8, 4) is 6.07 Å². The molecule has 0 heterocycles. The van der Waals surface area contributed by atoms with Gasteiger partial charge in [0.2, 0.25) is 0 Å². The fraction of sp³-hybridized carbons (Fsp3) is 0.133. The second-order valence-corrected chi connectivity index (χ2v) is 4.16. The summed E-state index contributed by atoms with van der Waals surface area (Å²) in [6, 6.07) is 11.1. The van der Waals surface area contributed by atoms with E-state index in [0.29, 0.717) is 11.3 Å². The number of nitrogens with one attached hydrogen (secondary N) is 1. The molecule has 0 saturated carbocycles. The Hall–Kier alpha value is -2.41. The van der Waals surface area contributed by atoms with E-state index in [2.05, 4.69) is 11.4 Å². The van der Waals surface area contributed by atoms with Gasteiger partial charge in [-0.3, -0.25) is 0 Å². The molecule has 0 aliphatic carbocycles. The van der Waals surface area contributed by atoms with Gasteiger partial charge in [0, 0.05) is 12.1 Å². The van der Waals surface area contributed by atoms with E-state index in [0.717, 1.165) is 5.56 Å². The van der Waals surface area contributed by atoms with Gasteiger partial charge in [0.1, 0.15) is 17.7 Å². The van der Waals surface area contributed by atoms with Gasteiger partial charge in [0.25, 0.3) is 0 Å². The Morgan fingerprint density at radius 1 is 1.11 bits per heavy atom. The average Bonchev–Trinajstić information content (AvgIpc) is 2.38. The molecule has 0 fully saturated rings. The van der Waals surface area contributed by atoms with Crippen molar-refractivity contribution in [2.75, 3.05) is 5.32 Å². The molecule has 1 N–H and O–H groups in total. The summed E-state index contributed by atoms with van der Waals surface area (Å²) in [7, 11) is 0. The lowest BCUT2D eigenvalue weighted by molar-refractivity contribution is 0.560. The normalized spacial score (nSPS) is 10.0. The van der Waals surface area contributed by atoms with Crippen molar-refractivity contribution in [3.05, 3.63) is 64.7 Å². The van der Waals surface area contributed by atoms with E-state index in [1.165, 1.54) is 18.2 Å². The molecule has 2 aromatic rings. The zero-order chi connectivity index (χ0) is 13.8. The van der Waals surface area contributed by atoms with E-state index in [9.17, 15) is 8.78 Å². The second kappa shape index (κ2) is 5.49. The Labute approximate surface area is 110 Å². The third-order valence-electron chi connectivity index (χ3n) is 2.90. The first kappa shape index (κ1) is 13.0. The molecular weight excluding hydrogens is 246 g/mol. The van der Waals surface area contributed by atoms with Crippen LogP contribution >= 0.6 is 0 Å². The topological polar surface area (TPSA) is 35.8 Å². The highest BCUT2D eigenvalue weighted by Gasteiger charge is 2.09. The zero-order valence-corrected chi connectivity index (χ0v) is 10.4. The highest BCUT2D eigenvalue weighted by Crippen LogP contribution is 2.20. The fourth-order valence-corrected chi connectivity index (χ4v) is 1.85. The van der Waals surface area contributed by atoms with E-state index in [-0.39, 0.29) is 12.1 Å². The number of nitriles is 1. The summed E-state index contributed by atoms with van der Waals surface area (Å²) in [5.41, 5.74) is 1.85. The van der Waals surface area contributed by atoms with E-state index >= 15 is 0 Å². The van der Waals surface area contributed by atoms with Gasteiger partial charge in [0.05, 0.1) is 11.3 Å². The summed E-state index contributed by atoms with van der Waals surface area (Å²) in [6.07, 6.45) is 0. The Morgan fingerprint density at radius 3 is 2.37 bits per heavy atom. The third kappa shape index (κ3) is 2.71. The van der Waals surface area contributed by atoms with Gasteiger partial charge in [-0.15, -0.1) is 0 Å². The fourth-order valence-electron chi connectivity index (χ4n) is 1.85. The first-order valence-corrected chi connectivity index (χ1v) is 5.80. The van der Waals surface area contributed by atoms with Crippen LogP contribution < -0.4 is 5.32 Å². The lowest BCUT2D eigenvalue weighted by atomic mass is 10.1. The summed E-state index contributed by atoms with van der Waals surface area (Å²) < 4.78 is 26.9. The van der Waals surface area contributed by atoms with Crippen LogP contribution in [0.25, 0.3) is 0 Å². The van der Waals surface area contributed by atoms with Crippen molar-refractivity contribution >= 4 is 5.69 Å². The maximum absolute atomic E-state index is 13.5. The highest BCUT2D eigenvalue weighted by molar-refractivity contribution is 5.60. The molecule has 0 aliphatic rings. The standard InChI is InChI=1S/C15H12F2N2/c1-10-4-2-7-15(11(10)8-18)19-9-12-13(16)5-3-6-14(12)17/h2-7,19H,9H2,1H3. The summed E-state index contributed by atoms with van der Waals surface area (Å²) >= 11 is 0. The minimum Gasteiger partial charge on any atom is -0.380 e. The number of aryl methyl sites for hydroxylation is 1. The average molecular weight is 258 g/mol. The number of hydrogen-bond acceptors (Lipinski definition) is 2. The first-order chi connectivity index (χ1) is 9.13. The van der Waals surface area contributed by atoms with Crippen molar-refractivity contribution in [1.82, 2.24) is 0 Å². The van der Waals surface area contributed by atoms with E-state index in [4.69, 9.17) is 5.26 Å². The monoisotopic (exact) mass is 258 g/mol. The largest absolute Gasteiger partial charge is 0.380 e. The molecule has 2 rings (SSSR count). The summed E-state index contributed by atoms with van der Waals surface area (Å²) in [5.74, 6) is -1.20. The van der Waals surface area contributed by atoms with Crippen LogP contribution in [0.4, 0.5) is 14.5 Å². The predicted molar refractivity (Wildman–Crippen MR) is 69.6 cm³/mol. The summed E-state index contributed by atoms with van der Waals surface area (Å²) in [5, 5.41) is 12.0. The van der Waals surface area contributed by atoms with Gasteiger partial charge in [-0.1, -0.05) is 18.2 Å². The van der Waals surface area contributed by atoms with Crippen LogP contribution in [0, 0.1) is 29.9 Å². The molecule has 4 heteroatoms.